The van der Waals surface area contributed by atoms with E-state index < -0.39 is 5.91 Å². The van der Waals surface area contributed by atoms with Gasteiger partial charge in [0.05, 0.1) is 23.1 Å². The Balaban J connectivity index is 1.37. The highest BCUT2D eigenvalue weighted by molar-refractivity contribution is 7.21. The van der Waals surface area contributed by atoms with E-state index in [1.54, 1.807) is 12.1 Å². The van der Waals surface area contributed by atoms with Crippen LogP contribution < -0.4 is 16.8 Å². The Morgan fingerprint density at radius 3 is 2.58 bits per heavy atom. The van der Waals surface area contributed by atoms with Crippen molar-refractivity contribution in [2.24, 2.45) is 0 Å². The number of nitriles is 2. The monoisotopic (exact) mass is 536 g/mol. The molecule has 4 heterocycles. The van der Waals surface area contributed by atoms with Crippen molar-refractivity contribution >= 4 is 55.3 Å². The summed E-state index contributed by atoms with van der Waals surface area (Å²) < 4.78 is 5.54. The first-order valence-electron chi connectivity index (χ1n) is 11.9. The van der Waals surface area contributed by atoms with E-state index in [0.717, 1.165) is 41.0 Å². The number of amides is 1. The van der Waals surface area contributed by atoms with Crippen LogP contribution in [0.1, 0.15) is 49.1 Å². The highest BCUT2D eigenvalue weighted by Crippen LogP contribution is 2.45. The van der Waals surface area contributed by atoms with Crippen molar-refractivity contribution in [1.29, 1.82) is 10.5 Å². The molecular formula is C28H20N6O2S2. The first-order valence-corrected chi connectivity index (χ1v) is 13.5. The summed E-state index contributed by atoms with van der Waals surface area (Å²) in [5, 5.41) is 23.6. The second kappa shape index (κ2) is 9.34. The standard InChI is InChI=1S/C28H20N6O2S2/c29-12-17-16-9-8-15(14-5-2-1-3-6-14)11-20(16)37-27(17)34-26(35)24-23(31)22-21(19-7-4-10-36-19)18(13-30)25(32)33-28(22)38-24/h1-7,10,15H,8-9,11,31H2,(H2,32,33)(H,34,35). The van der Waals surface area contributed by atoms with Crippen LogP contribution in [-0.4, -0.2) is 10.9 Å². The van der Waals surface area contributed by atoms with Crippen molar-refractivity contribution in [3.63, 3.8) is 0 Å². The lowest BCUT2D eigenvalue weighted by Gasteiger charge is -2.22. The minimum Gasteiger partial charge on any atom is -0.464 e. The number of nitrogens with zero attached hydrogens (tertiary/aromatic N) is 3. The highest BCUT2D eigenvalue weighted by atomic mass is 32.1. The van der Waals surface area contributed by atoms with E-state index in [2.05, 4.69) is 34.6 Å². The molecule has 6 rings (SSSR count). The first kappa shape index (κ1) is 23.7. The maximum atomic E-state index is 13.5. The zero-order valence-corrected chi connectivity index (χ0v) is 21.6. The molecule has 5 N–H and O–H groups in total. The number of carbonyl (C=O) groups is 1. The number of anilines is 3. The third-order valence-electron chi connectivity index (χ3n) is 6.87. The summed E-state index contributed by atoms with van der Waals surface area (Å²) >= 11 is 2.53. The molecule has 1 amide bonds. The number of benzene rings is 1. The molecule has 8 nitrogen and oxygen atoms in total. The SMILES string of the molecule is N#Cc1c(NC(=O)c2sc3nc(N)c(C#N)c(-c4ccco4)c3c2N)sc2c1CCC(c1ccccc1)C2. The van der Waals surface area contributed by atoms with Gasteiger partial charge in [-0.2, -0.15) is 10.5 Å². The Hall–Kier alpha value is -4.64. The second-order valence-corrected chi connectivity index (χ2v) is 11.1. The Labute approximate surface area is 225 Å². The molecule has 4 aromatic heterocycles. The van der Waals surface area contributed by atoms with Gasteiger partial charge in [0, 0.05) is 10.3 Å². The molecule has 10 heteroatoms. The third-order valence-corrected chi connectivity index (χ3v) is 9.13. The molecule has 0 bridgehead atoms. The van der Waals surface area contributed by atoms with Gasteiger partial charge in [0.25, 0.3) is 5.91 Å². The number of carbonyl (C=O) groups excluding carboxylic acids is 1. The molecule has 1 atom stereocenters. The Kier molecular flexibility index (Phi) is 5.84. The van der Waals surface area contributed by atoms with Gasteiger partial charge in [-0.15, -0.1) is 22.7 Å². The van der Waals surface area contributed by atoms with Crippen LogP contribution in [0.3, 0.4) is 0 Å². The lowest BCUT2D eigenvalue weighted by Crippen LogP contribution is -2.12. The number of hydrogen-bond donors (Lipinski definition) is 3. The van der Waals surface area contributed by atoms with Gasteiger partial charge in [-0.1, -0.05) is 30.3 Å². The molecule has 0 saturated heterocycles. The zero-order chi connectivity index (χ0) is 26.4. The number of rotatable bonds is 4. The fourth-order valence-electron chi connectivity index (χ4n) is 5.08. The van der Waals surface area contributed by atoms with Gasteiger partial charge in [0.2, 0.25) is 0 Å². The fraction of sp³-hybridized carbons (Fsp3) is 0.143. The molecule has 0 radical (unpaired) electrons. The zero-order valence-electron chi connectivity index (χ0n) is 19.9. The van der Waals surface area contributed by atoms with Gasteiger partial charge < -0.3 is 21.2 Å². The largest absolute Gasteiger partial charge is 0.464 e. The van der Waals surface area contributed by atoms with Crippen LogP contribution in [0, 0.1) is 22.7 Å². The van der Waals surface area contributed by atoms with Gasteiger partial charge in [-0.25, -0.2) is 4.98 Å². The van der Waals surface area contributed by atoms with Gasteiger partial charge in [-0.05, 0) is 48.4 Å². The number of aromatic nitrogens is 1. The molecule has 5 aromatic rings. The number of nitrogens with two attached hydrogens (primary N) is 2. The van der Waals surface area contributed by atoms with E-state index in [1.165, 1.54) is 23.2 Å². The molecule has 0 fully saturated rings. The third kappa shape index (κ3) is 3.79. The van der Waals surface area contributed by atoms with Crippen molar-refractivity contribution in [2.45, 2.75) is 25.2 Å². The van der Waals surface area contributed by atoms with Crippen molar-refractivity contribution in [1.82, 2.24) is 4.98 Å². The number of hydrogen-bond acceptors (Lipinski definition) is 9. The van der Waals surface area contributed by atoms with Crippen LogP contribution in [0.4, 0.5) is 16.5 Å². The van der Waals surface area contributed by atoms with Crippen LogP contribution in [0.15, 0.2) is 53.1 Å². The average Bonchev–Trinajstić information content (AvgIpc) is 3.65. The molecule has 0 saturated carbocycles. The minimum absolute atomic E-state index is 0.0327. The second-order valence-electron chi connectivity index (χ2n) is 8.99. The predicted octanol–water partition coefficient (Wildman–Crippen LogP) is 6.05. The number of nitrogens with one attached hydrogen (secondary N) is 1. The lowest BCUT2D eigenvalue weighted by molar-refractivity contribution is 0.103. The fourth-order valence-corrected chi connectivity index (χ4v) is 7.36. The summed E-state index contributed by atoms with van der Waals surface area (Å²) in [6.45, 7) is 0. The predicted molar refractivity (Wildman–Crippen MR) is 149 cm³/mol. The van der Waals surface area contributed by atoms with E-state index in [4.69, 9.17) is 15.9 Å². The molecule has 0 aliphatic heterocycles. The maximum Gasteiger partial charge on any atom is 0.268 e. The molecular weight excluding hydrogens is 516 g/mol. The van der Waals surface area contributed by atoms with Crippen LogP contribution in [0.2, 0.25) is 0 Å². The summed E-state index contributed by atoms with van der Waals surface area (Å²) in [5.74, 6) is 0.373. The van der Waals surface area contributed by atoms with Crippen LogP contribution in [0.25, 0.3) is 21.5 Å². The Bertz CT molecular complexity index is 1790. The summed E-state index contributed by atoms with van der Waals surface area (Å²) in [4.78, 5) is 19.6. The van der Waals surface area contributed by atoms with Crippen molar-refractivity contribution in [3.05, 3.63) is 80.7 Å². The van der Waals surface area contributed by atoms with Gasteiger partial charge in [-0.3, -0.25) is 4.79 Å². The number of furan rings is 1. The van der Waals surface area contributed by atoms with E-state index in [9.17, 15) is 15.3 Å². The molecule has 1 aliphatic rings. The topological polar surface area (TPSA) is 155 Å². The normalized spacial score (nSPS) is 14.5. The molecule has 1 aromatic carbocycles. The van der Waals surface area contributed by atoms with Crippen LogP contribution in [-0.2, 0) is 12.8 Å². The maximum absolute atomic E-state index is 13.5. The van der Waals surface area contributed by atoms with E-state index in [-0.39, 0.29) is 21.9 Å². The average molecular weight is 537 g/mol. The smallest absolute Gasteiger partial charge is 0.268 e. The van der Waals surface area contributed by atoms with Crippen molar-refractivity contribution < 1.29 is 9.21 Å². The van der Waals surface area contributed by atoms with E-state index >= 15 is 0 Å². The number of pyridine rings is 1. The van der Waals surface area contributed by atoms with Gasteiger partial charge in [0.15, 0.2) is 0 Å². The molecule has 38 heavy (non-hydrogen) atoms. The van der Waals surface area contributed by atoms with Crippen molar-refractivity contribution in [2.75, 3.05) is 16.8 Å². The minimum atomic E-state index is -0.442. The summed E-state index contributed by atoms with van der Waals surface area (Å²) in [7, 11) is 0. The van der Waals surface area contributed by atoms with Crippen LogP contribution >= 0.6 is 22.7 Å². The van der Waals surface area contributed by atoms with Crippen molar-refractivity contribution in [3.8, 4) is 23.5 Å². The Morgan fingerprint density at radius 1 is 1.08 bits per heavy atom. The Morgan fingerprint density at radius 2 is 1.87 bits per heavy atom. The number of fused-ring (bicyclic) bond motifs is 2. The summed E-state index contributed by atoms with van der Waals surface area (Å²) in [6.07, 6.45) is 4.04. The molecule has 1 aliphatic carbocycles. The van der Waals surface area contributed by atoms with E-state index in [1.807, 2.05) is 18.2 Å². The summed E-state index contributed by atoms with van der Waals surface area (Å²) in [6, 6.07) is 18.1. The van der Waals surface area contributed by atoms with E-state index in [0.29, 0.717) is 38.0 Å². The van der Waals surface area contributed by atoms with Crippen LogP contribution in [0.5, 0.6) is 0 Å². The molecule has 186 valence electrons. The number of thiophene rings is 2. The molecule has 0 spiro atoms. The lowest BCUT2D eigenvalue weighted by atomic mass is 9.83. The van der Waals surface area contributed by atoms with Gasteiger partial charge in [0.1, 0.15) is 44.0 Å². The first-order chi connectivity index (χ1) is 18.5. The van der Waals surface area contributed by atoms with Gasteiger partial charge >= 0.3 is 0 Å². The highest BCUT2D eigenvalue weighted by Gasteiger charge is 2.29. The number of nitrogen functional groups attached to an aromatic ring is 2. The quantitative estimate of drug-likeness (QED) is 0.252. The molecule has 1 unspecified atom stereocenters. The summed E-state index contributed by atoms with van der Waals surface area (Å²) in [5.41, 5.74) is 16.1.